The molecule has 0 aromatic heterocycles. The van der Waals surface area contributed by atoms with Crippen molar-refractivity contribution in [3.63, 3.8) is 0 Å². The van der Waals surface area contributed by atoms with Crippen molar-refractivity contribution >= 4 is 5.91 Å². The number of carbonyl (C=O) groups excluding carboxylic acids is 1. The van der Waals surface area contributed by atoms with Crippen LogP contribution in [0.15, 0.2) is 48.5 Å². The van der Waals surface area contributed by atoms with Gasteiger partial charge >= 0.3 is 0 Å². The Hall–Kier alpha value is -2.44. The molecule has 1 unspecified atom stereocenters. The van der Waals surface area contributed by atoms with Crippen molar-refractivity contribution in [2.75, 3.05) is 39.9 Å². The third-order valence-corrected chi connectivity index (χ3v) is 5.16. The van der Waals surface area contributed by atoms with Gasteiger partial charge in [-0.1, -0.05) is 32.0 Å². The van der Waals surface area contributed by atoms with E-state index in [0.717, 1.165) is 25.4 Å². The molecular formula is C24H31FN2O3. The Morgan fingerprint density at radius 2 is 2.03 bits per heavy atom. The lowest BCUT2D eigenvalue weighted by Gasteiger charge is -2.36. The van der Waals surface area contributed by atoms with E-state index in [4.69, 9.17) is 9.47 Å². The molecule has 0 bridgehead atoms. The molecule has 1 heterocycles. The van der Waals surface area contributed by atoms with Crippen LogP contribution >= 0.6 is 0 Å². The lowest BCUT2D eigenvalue weighted by Crippen LogP contribution is -2.49. The summed E-state index contributed by atoms with van der Waals surface area (Å²) in [6, 6.07) is 14.0. The molecule has 0 spiro atoms. The quantitative estimate of drug-likeness (QED) is 0.658. The Balaban J connectivity index is 1.64. The summed E-state index contributed by atoms with van der Waals surface area (Å²) < 4.78 is 24.8. The number of amides is 1. The zero-order valence-corrected chi connectivity index (χ0v) is 18.0. The van der Waals surface area contributed by atoms with Gasteiger partial charge in [0.1, 0.15) is 11.6 Å². The van der Waals surface area contributed by atoms with Crippen molar-refractivity contribution in [3.05, 3.63) is 65.5 Å². The molecule has 1 aliphatic rings. The van der Waals surface area contributed by atoms with Crippen LogP contribution < -0.4 is 4.74 Å². The number of benzene rings is 2. The number of nitrogens with zero attached hydrogens (tertiary/aromatic N) is 2. The minimum Gasteiger partial charge on any atom is -0.497 e. The van der Waals surface area contributed by atoms with E-state index >= 15 is 0 Å². The molecule has 2 aromatic carbocycles. The molecule has 30 heavy (non-hydrogen) atoms. The summed E-state index contributed by atoms with van der Waals surface area (Å²) in [6.45, 7) is 8.30. The van der Waals surface area contributed by atoms with Crippen LogP contribution in [0, 0.1) is 11.7 Å². The van der Waals surface area contributed by atoms with E-state index in [-0.39, 0.29) is 12.0 Å². The second-order valence-corrected chi connectivity index (χ2v) is 8.19. The van der Waals surface area contributed by atoms with Gasteiger partial charge in [0.2, 0.25) is 0 Å². The maximum atomic E-state index is 13.6. The van der Waals surface area contributed by atoms with Gasteiger partial charge in [-0.05, 0) is 41.8 Å². The largest absolute Gasteiger partial charge is 0.497 e. The molecule has 1 saturated heterocycles. The Kier molecular flexibility index (Phi) is 7.82. The van der Waals surface area contributed by atoms with Gasteiger partial charge < -0.3 is 14.4 Å². The topological polar surface area (TPSA) is 42.0 Å². The van der Waals surface area contributed by atoms with Crippen LogP contribution in [0.2, 0.25) is 0 Å². The molecule has 3 rings (SSSR count). The fraction of sp³-hybridized carbons (Fsp3) is 0.458. The number of carbonyl (C=O) groups is 1. The van der Waals surface area contributed by atoms with Crippen LogP contribution in [0.25, 0.3) is 0 Å². The first-order chi connectivity index (χ1) is 14.4. The lowest BCUT2D eigenvalue weighted by molar-refractivity contribution is -0.0438. The van der Waals surface area contributed by atoms with Crippen LogP contribution in [0.1, 0.15) is 29.8 Å². The molecule has 2 aromatic rings. The Morgan fingerprint density at radius 3 is 2.70 bits per heavy atom. The highest BCUT2D eigenvalue weighted by molar-refractivity contribution is 5.94. The second-order valence-electron chi connectivity index (χ2n) is 8.19. The number of rotatable bonds is 8. The molecule has 1 aliphatic heterocycles. The molecule has 162 valence electrons. The van der Waals surface area contributed by atoms with Crippen LogP contribution in [0.4, 0.5) is 4.39 Å². The number of halogens is 1. The number of hydrogen-bond acceptors (Lipinski definition) is 4. The average molecular weight is 415 g/mol. The number of morpholine rings is 1. The summed E-state index contributed by atoms with van der Waals surface area (Å²) in [5, 5.41) is 0. The third-order valence-electron chi connectivity index (χ3n) is 5.16. The van der Waals surface area contributed by atoms with E-state index in [0.29, 0.717) is 31.2 Å². The van der Waals surface area contributed by atoms with Crippen molar-refractivity contribution in [2.45, 2.75) is 26.5 Å². The van der Waals surface area contributed by atoms with E-state index in [9.17, 15) is 9.18 Å². The highest BCUT2D eigenvalue weighted by Gasteiger charge is 2.26. The molecule has 0 saturated carbocycles. The first-order valence-corrected chi connectivity index (χ1v) is 10.5. The maximum absolute atomic E-state index is 13.6. The molecular weight excluding hydrogens is 383 g/mol. The number of ether oxygens (including phenoxy) is 2. The molecule has 1 amide bonds. The predicted molar refractivity (Wildman–Crippen MR) is 115 cm³/mol. The SMILES string of the molecule is COc1ccc(CN2CCOC(CN(CC(C)C)C(=O)c3cccc(F)c3)C2)cc1. The summed E-state index contributed by atoms with van der Waals surface area (Å²) in [5.74, 6) is 0.601. The van der Waals surface area contributed by atoms with Crippen molar-refractivity contribution in [1.82, 2.24) is 9.80 Å². The second kappa shape index (κ2) is 10.5. The van der Waals surface area contributed by atoms with Gasteiger partial charge in [-0.3, -0.25) is 9.69 Å². The zero-order valence-electron chi connectivity index (χ0n) is 18.0. The summed E-state index contributed by atoms with van der Waals surface area (Å²) in [7, 11) is 1.66. The van der Waals surface area contributed by atoms with Crippen LogP contribution in [-0.2, 0) is 11.3 Å². The average Bonchev–Trinajstić information content (AvgIpc) is 2.73. The molecule has 1 fully saturated rings. The highest BCUT2D eigenvalue weighted by Crippen LogP contribution is 2.17. The summed E-state index contributed by atoms with van der Waals surface area (Å²) in [6.07, 6.45) is -0.0757. The first-order valence-electron chi connectivity index (χ1n) is 10.5. The van der Waals surface area contributed by atoms with Crippen LogP contribution in [0.3, 0.4) is 0 Å². The van der Waals surface area contributed by atoms with E-state index in [1.165, 1.54) is 17.7 Å². The summed E-state index contributed by atoms with van der Waals surface area (Å²) >= 11 is 0. The Labute approximate surface area is 178 Å². The fourth-order valence-corrected chi connectivity index (χ4v) is 3.75. The fourth-order valence-electron chi connectivity index (χ4n) is 3.75. The third kappa shape index (κ3) is 6.28. The lowest BCUT2D eigenvalue weighted by atomic mass is 10.1. The molecule has 0 aliphatic carbocycles. The predicted octanol–water partition coefficient (Wildman–Crippen LogP) is 3.83. The molecule has 0 N–H and O–H groups in total. The van der Waals surface area contributed by atoms with Crippen molar-refractivity contribution < 1.29 is 18.7 Å². The van der Waals surface area contributed by atoms with Crippen molar-refractivity contribution in [3.8, 4) is 5.75 Å². The highest BCUT2D eigenvalue weighted by atomic mass is 19.1. The monoisotopic (exact) mass is 414 g/mol. The number of hydrogen-bond donors (Lipinski definition) is 0. The Morgan fingerprint density at radius 1 is 1.27 bits per heavy atom. The van der Waals surface area contributed by atoms with E-state index in [1.54, 1.807) is 24.1 Å². The summed E-state index contributed by atoms with van der Waals surface area (Å²) in [4.78, 5) is 17.2. The van der Waals surface area contributed by atoms with Gasteiger partial charge in [0.25, 0.3) is 5.91 Å². The van der Waals surface area contributed by atoms with Crippen LogP contribution in [0.5, 0.6) is 5.75 Å². The van der Waals surface area contributed by atoms with E-state index < -0.39 is 5.82 Å². The maximum Gasteiger partial charge on any atom is 0.254 e. The van der Waals surface area contributed by atoms with Gasteiger partial charge in [-0.15, -0.1) is 0 Å². The molecule has 0 radical (unpaired) electrons. The van der Waals surface area contributed by atoms with Crippen LogP contribution in [-0.4, -0.2) is 61.7 Å². The smallest absolute Gasteiger partial charge is 0.254 e. The Bertz CT molecular complexity index is 825. The van der Waals surface area contributed by atoms with Gasteiger partial charge in [0, 0.05) is 38.3 Å². The zero-order chi connectivity index (χ0) is 21.5. The van der Waals surface area contributed by atoms with E-state index in [2.05, 4.69) is 30.9 Å². The van der Waals surface area contributed by atoms with Gasteiger partial charge in [-0.2, -0.15) is 0 Å². The van der Waals surface area contributed by atoms with Gasteiger partial charge in [0.15, 0.2) is 0 Å². The van der Waals surface area contributed by atoms with E-state index in [1.807, 2.05) is 12.1 Å². The van der Waals surface area contributed by atoms with Gasteiger partial charge in [-0.25, -0.2) is 4.39 Å². The molecule has 5 nitrogen and oxygen atoms in total. The minimum atomic E-state index is -0.398. The van der Waals surface area contributed by atoms with Gasteiger partial charge in [0.05, 0.1) is 19.8 Å². The van der Waals surface area contributed by atoms with Crippen molar-refractivity contribution in [2.24, 2.45) is 5.92 Å². The standard InChI is InChI=1S/C24H31FN2O3/c1-18(2)14-27(24(28)20-5-4-6-21(25)13-20)17-23-16-26(11-12-30-23)15-19-7-9-22(29-3)10-8-19/h4-10,13,18,23H,11-12,14-17H2,1-3H3. The molecule has 1 atom stereocenters. The summed E-state index contributed by atoms with van der Waals surface area (Å²) in [5.41, 5.74) is 1.59. The minimum absolute atomic E-state index is 0.0757. The number of methoxy groups -OCH3 is 1. The normalized spacial score (nSPS) is 17.2. The van der Waals surface area contributed by atoms with Crippen molar-refractivity contribution in [1.29, 1.82) is 0 Å². The first kappa shape index (κ1) is 22.2. The molecule has 6 heteroatoms.